The lowest BCUT2D eigenvalue weighted by molar-refractivity contribution is 0.0302. The van der Waals surface area contributed by atoms with Crippen molar-refractivity contribution in [1.29, 1.82) is 0 Å². The number of benzene rings is 1. The van der Waals surface area contributed by atoms with E-state index in [0.29, 0.717) is 61.2 Å². The summed E-state index contributed by atoms with van der Waals surface area (Å²) in [5.74, 6) is -0.110. The van der Waals surface area contributed by atoms with Crippen LogP contribution in [0.25, 0.3) is 5.65 Å². The van der Waals surface area contributed by atoms with Gasteiger partial charge >= 0.3 is 0 Å². The normalized spacial score (nSPS) is 18.8. The van der Waals surface area contributed by atoms with E-state index in [1.807, 2.05) is 34.9 Å². The van der Waals surface area contributed by atoms with Crippen LogP contribution < -0.4 is 0 Å². The van der Waals surface area contributed by atoms with Crippen LogP contribution in [0, 0.1) is 0 Å². The molecule has 160 valence electrons. The number of hydrogen-bond donors (Lipinski definition) is 0. The molecule has 1 unspecified atom stereocenters. The maximum Gasteiger partial charge on any atom is 0.274 e. The molecule has 3 aromatic rings. The third kappa shape index (κ3) is 3.66. The van der Waals surface area contributed by atoms with Gasteiger partial charge in [0.25, 0.3) is 11.8 Å². The first-order valence-corrected chi connectivity index (χ1v) is 10.7. The van der Waals surface area contributed by atoms with E-state index in [2.05, 4.69) is 10.1 Å². The summed E-state index contributed by atoms with van der Waals surface area (Å²) in [5, 5.41) is 4.80. The van der Waals surface area contributed by atoms with Gasteiger partial charge in [-0.15, -0.1) is 0 Å². The highest BCUT2D eigenvalue weighted by Crippen LogP contribution is 2.31. The number of hydrogen-bond acceptors (Lipinski definition) is 5. The van der Waals surface area contributed by atoms with Gasteiger partial charge in [-0.1, -0.05) is 17.7 Å². The summed E-state index contributed by atoms with van der Waals surface area (Å²) in [6.07, 6.45) is 3.85. The summed E-state index contributed by atoms with van der Waals surface area (Å²) in [6.45, 7) is 4.96. The molecule has 0 radical (unpaired) electrons. The Morgan fingerprint density at radius 3 is 2.74 bits per heavy atom. The van der Waals surface area contributed by atoms with Crippen molar-refractivity contribution in [2.75, 3.05) is 32.8 Å². The van der Waals surface area contributed by atoms with Crippen LogP contribution >= 0.6 is 11.6 Å². The van der Waals surface area contributed by atoms with Gasteiger partial charge in [-0.3, -0.25) is 9.59 Å². The monoisotopic (exact) mass is 439 g/mol. The third-order valence-corrected chi connectivity index (χ3v) is 6.18. The second kappa shape index (κ2) is 7.94. The van der Waals surface area contributed by atoms with Crippen LogP contribution in [0.15, 0.2) is 36.7 Å². The van der Waals surface area contributed by atoms with Crippen LogP contribution in [0.1, 0.15) is 44.9 Å². The van der Waals surface area contributed by atoms with Crippen molar-refractivity contribution < 1.29 is 14.3 Å². The van der Waals surface area contributed by atoms with Crippen molar-refractivity contribution in [3.05, 3.63) is 64.1 Å². The molecule has 2 aliphatic rings. The molecule has 0 saturated carbocycles. The zero-order valence-corrected chi connectivity index (χ0v) is 17.9. The van der Waals surface area contributed by atoms with Crippen molar-refractivity contribution >= 4 is 29.1 Å². The molecule has 0 N–H and O–H groups in total. The predicted octanol–water partition coefficient (Wildman–Crippen LogP) is 2.61. The molecule has 1 atom stereocenters. The van der Waals surface area contributed by atoms with Gasteiger partial charge < -0.3 is 14.5 Å². The van der Waals surface area contributed by atoms with Gasteiger partial charge in [0.15, 0.2) is 11.3 Å². The lowest BCUT2D eigenvalue weighted by atomic mass is 9.91. The first-order chi connectivity index (χ1) is 15.0. The standard InChI is InChI=1S/C22H22ClN5O3/c1-14-18-3-2-16(21(29)26-6-8-31-9-7-26)10-15(18)4-5-27(14)22(30)19-11-20-24-12-17(23)13-28(20)25-19/h2-3,10-14H,4-9H2,1H3. The minimum absolute atomic E-state index is 0.0353. The number of carbonyl (C=O) groups is 2. The zero-order chi connectivity index (χ0) is 21.5. The number of morpholine rings is 1. The van der Waals surface area contributed by atoms with E-state index >= 15 is 0 Å². The second-order valence-corrected chi connectivity index (χ2v) is 8.28. The zero-order valence-electron chi connectivity index (χ0n) is 17.1. The number of rotatable bonds is 2. The molecule has 31 heavy (non-hydrogen) atoms. The molecule has 1 saturated heterocycles. The van der Waals surface area contributed by atoms with Crippen LogP contribution in [-0.4, -0.2) is 69.1 Å². The minimum atomic E-state index is -0.145. The van der Waals surface area contributed by atoms with Crippen LogP contribution in [0.5, 0.6) is 0 Å². The number of ether oxygens (including phenoxy) is 1. The maximum atomic E-state index is 13.2. The average Bonchev–Trinajstić information content (AvgIpc) is 3.22. The number of fused-ring (bicyclic) bond motifs is 2. The molecule has 1 aromatic carbocycles. The number of halogens is 1. The molecular formula is C22H22ClN5O3. The molecule has 2 aromatic heterocycles. The van der Waals surface area contributed by atoms with Crippen LogP contribution in [-0.2, 0) is 11.2 Å². The van der Waals surface area contributed by atoms with Crippen molar-refractivity contribution in [1.82, 2.24) is 24.4 Å². The van der Waals surface area contributed by atoms with Gasteiger partial charge in [0.2, 0.25) is 0 Å². The van der Waals surface area contributed by atoms with Gasteiger partial charge in [-0.25, -0.2) is 9.50 Å². The highest BCUT2D eigenvalue weighted by Gasteiger charge is 2.30. The summed E-state index contributed by atoms with van der Waals surface area (Å²) in [7, 11) is 0. The average molecular weight is 440 g/mol. The van der Waals surface area contributed by atoms with E-state index < -0.39 is 0 Å². The Bertz CT molecular complexity index is 1170. The van der Waals surface area contributed by atoms with E-state index in [1.54, 1.807) is 12.3 Å². The molecule has 8 nitrogen and oxygen atoms in total. The fraction of sp³-hybridized carbons (Fsp3) is 0.364. The summed E-state index contributed by atoms with van der Waals surface area (Å²) in [6, 6.07) is 7.36. The minimum Gasteiger partial charge on any atom is -0.378 e. The molecule has 0 aliphatic carbocycles. The maximum absolute atomic E-state index is 13.2. The highest BCUT2D eigenvalue weighted by atomic mass is 35.5. The molecular weight excluding hydrogens is 418 g/mol. The highest BCUT2D eigenvalue weighted by molar-refractivity contribution is 6.30. The summed E-state index contributed by atoms with van der Waals surface area (Å²) in [5.41, 5.74) is 3.77. The first kappa shape index (κ1) is 20.0. The Kier molecular flexibility index (Phi) is 5.11. The fourth-order valence-corrected chi connectivity index (χ4v) is 4.44. The second-order valence-electron chi connectivity index (χ2n) is 7.85. The van der Waals surface area contributed by atoms with Gasteiger partial charge in [0.05, 0.1) is 30.5 Å². The van der Waals surface area contributed by atoms with Crippen molar-refractivity contribution in [3.63, 3.8) is 0 Å². The summed E-state index contributed by atoms with van der Waals surface area (Å²) >= 11 is 5.97. The van der Waals surface area contributed by atoms with Crippen molar-refractivity contribution in [2.24, 2.45) is 0 Å². The Morgan fingerprint density at radius 1 is 1.13 bits per heavy atom. The fourth-order valence-electron chi connectivity index (χ4n) is 4.30. The van der Waals surface area contributed by atoms with Crippen LogP contribution in [0.3, 0.4) is 0 Å². The molecule has 4 heterocycles. The van der Waals surface area contributed by atoms with Crippen LogP contribution in [0.2, 0.25) is 5.02 Å². The van der Waals surface area contributed by atoms with E-state index in [-0.39, 0.29) is 17.9 Å². The molecule has 0 spiro atoms. The van der Waals surface area contributed by atoms with Crippen LogP contribution in [0.4, 0.5) is 0 Å². The molecule has 2 aliphatic heterocycles. The van der Waals surface area contributed by atoms with E-state index in [1.165, 1.54) is 10.7 Å². The van der Waals surface area contributed by atoms with E-state index in [4.69, 9.17) is 16.3 Å². The quantitative estimate of drug-likeness (QED) is 0.613. The number of nitrogens with zero attached hydrogens (tertiary/aromatic N) is 5. The lowest BCUT2D eigenvalue weighted by Gasteiger charge is -2.35. The number of carbonyl (C=O) groups excluding carboxylic acids is 2. The predicted molar refractivity (Wildman–Crippen MR) is 114 cm³/mol. The third-order valence-electron chi connectivity index (χ3n) is 5.99. The Morgan fingerprint density at radius 2 is 1.94 bits per heavy atom. The molecule has 1 fully saturated rings. The van der Waals surface area contributed by atoms with E-state index in [9.17, 15) is 9.59 Å². The van der Waals surface area contributed by atoms with Gasteiger partial charge in [-0.2, -0.15) is 5.10 Å². The van der Waals surface area contributed by atoms with Gasteiger partial charge in [0.1, 0.15) is 0 Å². The topological polar surface area (TPSA) is 80.0 Å². The SMILES string of the molecule is CC1c2ccc(C(=O)N3CCOCC3)cc2CCN1C(=O)c1cc2ncc(Cl)cn2n1. The Balaban J connectivity index is 1.37. The van der Waals surface area contributed by atoms with Gasteiger partial charge in [-0.05, 0) is 36.6 Å². The molecule has 5 rings (SSSR count). The van der Waals surface area contributed by atoms with Gasteiger partial charge in [0, 0.05) is 37.5 Å². The molecule has 9 heteroatoms. The van der Waals surface area contributed by atoms with Crippen molar-refractivity contribution in [2.45, 2.75) is 19.4 Å². The number of aromatic nitrogens is 3. The summed E-state index contributed by atoms with van der Waals surface area (Å²) < 4.78 is 6.85. The van der Waals surface area contributed by atoms with E-state index in [0.717, 1.165) is 11.1 Å². The Hall–Kier alpha value is -2.97. The Labute approximate surface area is 184 Å². The summed E-state index contributed by atoms with van der Waals surface area (Å²) in [4.78, 5) is 33.8. The lowest BCUT2D eigenvalue weighted by Crippen LogP contribution is -2.41. The molecule has 2 amide bonds. The van der Waals surface area contributed by atoms with Crippen molar-refractivity contribution in [3.8, 4) is 0 Å². The first-order valence-electron chi connectivity index (χ1n) is 10.3. The number of amides is 2. The largest absolute Gasteiger partial charge is 0.378 e. The smallest absolute Gasteiger partial charge is 0.274 e. The molecule has 0 bridgehead atoms.